The first-order chi connectivity index (χ1) is 12.2. The minimum atomic E-state index is -0.350. The van der Waals surface area contributed by atoms with Crippen molar-refractivity contribution in [2.45, 2.75) is 12.5 Å². The zero-order valence-electron chi connectivity index (χ0n) is 13.7. The number of hydrogen-bond acceptors (Lipinski definition) is 7. The molecule has 0 bridgehead atoms. The lowest BCUT2D eigenvalue weighted by molar-refractivity contribution is 0.122. The Kier molecular flexibility index (Phi) is 4.14. The third-order valence-electron chi connectivity index (χ3n) is 4.38. The van der Waals surface area contributed by atoms with Gasteiger partial charge in [-0.25, -0.2) is 4.79 Å². The summed E-state index contributed by atoms with van der Waals surface area (Å²) in [5.41, 5.74) is 7.44. The molecule has 0 aliphatic carbocycles. The third-order valence-corrected chi connectivity index (χ3v) is 4.38. The molecule has 2 fully saturated rings. The normalized spacial score (nSPS) is 20.8. The van der Waals surface area contributed by atoms with Crippen LogP contribution >= 0.6 is 0 Å². The van der Waals surface area contributed by atoms with Gasteiger partial charge in [-0.05, 0) is 24.3 Å². The summed E-state index contributed by atoms with van der Waals surface area (Å²) in [5.74, 6) is 0.801. The maximum atomic E-state index is 12.2. The van der Waals surface area contributed by atoms with Gasteiger partial charge in [0.05, 0.1) is 19.8 Å². The molecule has 1 aromatic heterocycles. The molecule has 0 radical (unpaired) electrons. The number of amides is 1. The van der Waals surface area contributed by atoms with Gasteiger partial charge in [-0.2, -0.15) is 4.98 Å². The van der Waals surface area contributed by atoms with Gasteiger partial charge >= 0.3 is 6.09 Å². The largest absolute Gasteiger partial charge is 0.443 e. The predicted octanol–water partition coefficient (Wildman–Crippen LogP) is 0.791. The monoisotopic (exact) mass is 344 g/mol. The maximum Gasteiger partial charge on any atom is 0.414 e. The first kappa shape index (κ1) is 15.7. The van der Waals surface area contributed by atoms with Crippen LogP contribution in [0, 0.1) is 0 Å². The predicted molar refractivity (Wildman–Crippen MR) is 91.6 cm³/mol. The van der Waals surface area contributed by atoms with Crippen LogP contribution in [0.4, 0.5) is 22.1 Å². The van der Waals surface area contributed by atoms with Gasteiger partial charge in [0.2, 0.25) is 5.95 Å². The van der Waals surface area contributed by atoms with Gasteiger partial charge < -0.3 is 20.1 Å². The highest BCUT2D eigenvalue weighted by Gasteiger charge is 2.33. The summed E-state index contributed by atoms with van der Waals surface area (Å²) in [5, 5.41) is 6.52. The number of morpholine rings is 1. The van der Waals surface area contributed by atoms with Crippen molar-refractivity contribution in [1.29, 1.82) is 0 Å². The number of benzene rings is 1. The van der Waals surface area contributed by atoms with E-state index >= 15 is 0 Å². The first-order valence-electron chi connectivity index (χ1n) is 8.27. The van der Waals surface area contributed by atoms with Crippen molar-refractivity contribution in [3.8, 4) is 0 Å². The topological polar surface area (TPSA) is 110 Å². The molecular formula is C16H20N6O3. The Morgan fingerprint density at radius 3 is 2.60 bits per heavy atom. The summed E-state index contributed by atoms with van der Waals surface area (Å²) in [4.78, 5) is 20.1. The average molecular weight is 344 g/mol. The van der Waals surface area contributed by atoms with E-state index in [0.717, 1.165) is 37.7 Å². The van der Waals surface area contributed by atoms with Crippen LogP contribution in [-0.2, 0) is 15.9 Å². The second-order valence-corrected chi connectivity index (χ2v) is 6.08. The van der Waals surface area contributed by atoms with E-state index in [4.69, 9.17) is 15.2 Å². The zero-order valence-corrected chi connectivity index (χ0v) is 13.7. The molecule has 2 aliphatic rings. The molecule has 2 aromatic rings. The van der Waals surface area contributed by atoms with Gasteiger partial charge in [0.1, 0.15) is 11.9 Å². The Labute approximate surface area is 144 Å². The molecule has 1 unspecified atom stereocenters. The van der Waals surface area contributed by atoms with E-state index in [1.807, 2.05) is 24.3 Å². The number of aromatic nitrogens is 3. The lowest BCUT2D eigenvalue weighted by Gasteiger charge is -2.29. The maximum absolute atomic E-state index is 12.2. The minimum Gasteiger partial charge on any atom is -0.443 e. The lowest BCUT2D eigenvalue weighted by Crippen LogP contribution is -2.36. The van der Waals surface area contributed by atoms with Crippen LogP contribution in [-0.4, -0.2) is 60.2 Å². The molecule has 1 atom stereocenters. The lowest BCUT2D eigenvalue weighted by atomic mass is 10.2. The van der Waals surface area contributed by atoms with Crippen LogP contribution in [0.5, 0.6) is 0 Å². The molecule has 25 heavy (non-hydrogen) atoms. The third kappa shape index (κ3) is 3.36. The number of carbonyl (C=O) groups is 1. The van der Waals surface area contributed by atoms with E-state index in [1.165, 1.54) is 0 Å². The summed E-state index contributed by atoms with van der Waals surface area (Å²) in [7, 11) is 0. The van der Waals surface area contributed by atoms with Crippen LogP contribution in [0.1, 0.15) is 5.82 Å². The number of cyclic esters (lactones) is 1. The highest BCUT2D eigenvalue weighted by atomic mass is 16.6. The Morgan fingerprint density at radius 2 is 1.92 bits per heavy atom. The van der Waals surface area contributed by atoms with Gasteiger partial charge in [0, 0.05) is 30.9 Å². The van der Waals surface area contributed by atoms with Gasteiger partial charge in [-0.1, -0.05) is 0 Å². The molecule has 9 heteroatoms. The Hall–Kier alpha value is -2.81. The van der Waals surface area contributed by atoms with Crippen molar-refractivity contribution in [3.63, 3.8) is 0 Å². The number of hydrogen-bond donors (Lipinski definition) is 2. The van der Waals surface area contributed by atoms with Gasteiger partial charge in [0.15, 0.2) is 0 Å². The SMILES string of the molecule is Nc1n[nH]c(CC2CN(c3ccc(N4CCOCC4)cc3)C(=O)O2)n1. The van der Waals surface area contributed by atoms with Crippen molar-refractivity contribution in [2.24, 2.45) is 0 Å². The first-order valence-corrected chi connectivity index (χ1v) is 8.27. The van der Waals surface area contributed by atoms with Crippen molar-refractivity contribution >= 4 is 23.4 Å². The molecule has 0 saturated carbocycles. The molecule has 1 aromatic carbocycles. The fourth-order valence-electron chi connectivity index (χ4n) is 3.12. The van der Waals surface area contributed by atoms with Crippen molar-refractivity contribution in [2.75, 3.05) is 48.4 Å². The standard InChI is InChI=1S/C16H20N6O3/c17-15-18-14(19-20-15)9-13-10-22(16(23)25-13)12-3-1-11(2-4-12)21-5-7-24-8-6-21/h1-4,13H,5-10H2,(H3,17,18,19,20). The highest BCUT2D eigenvalue weighted by molar-refractivity contribution is 5.90. The fraction of sp³-hybridized carbons (Fsp3) is 0.438. The molecule has 132 valence electrons. The van der Waals surface area contributed by atoms with Crippen LogP contribution in [0.25, 0.3) is 0 Å². The number of nitrogen functional groups attached to an aromatic ring is 1. The number of nitrogens with two attached hydrogens (primary N) is 1. The molecule has 4 rings (SSSR count). The minimum absolute atomic E-state index is 0.190. The molecule has 1 amide bonds. The van der Waals surface area contributed by atoms with E-state index in [2.05, 4.69) is 20.1 Å². The number of nitrogens with one attached hydrogen (secondary N) is 1. The van der Waals surface area contributed by atoms with Gasteiger partial charge in [-0.15, -0.1) is 5.10 Å². The second-order valence-electron chi connectivity index (χ2n) is 6.08. The summed E-state index contributed by atoms with van der Waals surface area (Å²) < 4.78 is 10.8. The number of H-pyrrole nitrogens is 1. The van der Waals surface area contributed by atoms with Crippen molar-refractivity contribution in [1.82, 2.24) is 15.2 Å². The molecular weight excluding hydrogens is 324 g/mol. The molecule has 9 nitrogen and oxygen atoms in total. The van der Waals surface area contributed by atoms with Crippen LogP contribution in [0.15, 0.2) is 24.3 Å². The quantitative estimate of drug-likeness (QED) is 0.844. The fourth-order valence-corrected chi connectivity index (χ4v) is 3.12. The number of anilines is 3. The van der Waals surface area contributed by atoms with E-state index in [-0.39, 0.29) is 18.1 Å². The smallest absolute Gasteiger partial charge is 0.414 e. The summed E-state index contributed by atoms with van der Waals surface area (Å²) in [6.45, 7) is 3.72. The summed E-state index contributed by atoms with van der Waals surface area (Å²) in [6.07, 6.45) is -0.173. The van der Waals surface area contributed by atoms with Crippen LogP contribution < -0.4 is 15.5 Å². The van der Waals surface area contributed by atoms with Crippen molar-refractivity contribution < 1.29 is 14.3 Å². The van der Waals surface area contributed by atoms with Crippen molar-refractivity contribution in [3.05, 3.63) is 30.1 Å². The highest BCUT2D eigenvalue weighted by Crippen LogP contribution is 2.26. The number of aromatic amines is 1. The number of nitrogens with zero attached hydrogens (tertiary/aromatic N) is 4. The molecule has 0 spiro atoms. The number of carbonyl (C=O) groups excluding carboxylic acids is 1. The number of ether oxygens (including phenoxy) is 2. The molecule has 2 saturated heterocycles. The van der Waals surface area contributed by atoms with E-state index in [9.17, 15) is 4.79 Å². The van der Waals surface area contributed by atoms with Gasteiger partial charge in [-0.3, -0.25) is 10.00 Å². The summed E-state index contributed by atoms with van der Waals surface area (Å²) in [6, 6.07) is 7.94. The zero-order chi connectivity index (χ0) is 17.2. The average Bonchev–Trinajstić information content (AvgIpc) is 3.21. The molecule has 3 N–H and O–H groups in total. The number of rotatable bonds is 4. The Bertz CT molecular complexity index is 741. The Morgan fingerprint density at radius 1 is 1.20 bits per heavy atom. The molecule has 3 heterocycles. The van der Waals surface area contributed by atoms with E-state index < -0.39 is 0 Å². The van der Waals surface area contributed by atoms with Crippen LogP contribution in [0.3, 0.4) is 0 Å². The summed E-state index contributed by atoms with van der Waals surface area (Å²) >= 11 is 0. The Balaban J connectivity index is 1.41. The van der Waals surface area contributed by atoms with E-state index in [0.29, 0.717) is 18.8 Å². The second kappa shape index (κ2) is 6.60. The van der Waals surface area contributed by atoms with Gasteiger partial charge in [0.25, 0.3) is 0 Å². The molecule has 2 aliphatic heterocycles. The van der Waals surface area contributed by atoms with Crippen LogP contribution in [0.2, 0.25) is 0 Å². The van der Waals surface area contributed by atoms with E-state index in [1.54, 1.807) is 4.90 Å².